The Morgan fingerprint density at radius 2 is 2.18 bits per heavy atom. The lowest BCUT2D eigenvalue weighted by molar-refractivity contribution is -0.114. The molecular weight excluding hydrogens is 222 g/mol. The molecule has 0 radical (unpaired) electrons. The first-order chi connectivity index (χ1) is 7.97. The molecule has 7 heteroatoms. The van der Waals surface area contributed by atoms with Gasteiger partial charge in [-0.05, 0) is 5.92 Å². The van der Waals surface area contributed by atoms with Gasteiger partial charge in [0.15, 0.2) is 0 Å². The van der Waals surface area contributed by atoms with Crippen LogP contribution in [0.1, 0.15) is 32.4 Å². The highest BCUT2D eigenvalue weighted by Crippen LogP contribution is 2.10. The minimum Gasteiger partial charge on any atom is -0.295 e. The molecule has 2 rings (SSSR count). The van der Waals surface area contributed by atoms with Gasteiger partial charge in [-0.25, -0.2) is 4.98 Å². The highest BCUT2D eigenvalue weighted by Gasteiger charge is 2.10. The van der Waals surface area contributed by atoms with Gasteiger partial charge in [-0.15, -0.1) is 0 Å². The van der Waals surface area contributed by atoms with Crippen LogP contribution in [0.3, 0.4) is 0 Å². The molecule has 0 aliphatic heterocycles. The van der Waals surface area contributed by atoms with Crippen molar-refractivity contribution in [3.8, 4) is 0 Å². The third-order valence-corrected chi connectivity index (χ3v) is 2.24. The summed E-state index contributed by atoms with van der Waals surface area (Å²) in [5.74, 6) is 0.350. The molecule has 0 atom stereocenters. The summed E-state index contributed by atoms with van der Waals surface area (Å²) in [5.41, 5.74) is 0.429. The molecule has 0 aliphatic carbocycles. The minimum atomic E-state index is -0.263. The van der Waals surface area contributed by atoms with Crippen LogP contribution in [0.25, 0.3) is 5.78 Å². The van der Waals surface area contributed by atoms with Crippen LogP contribution >= 0.6 is 0 Å². The van der Waals surface area contributed by atoms with Crippen molar-refractivity contribution in [2.75, 3.05) is 5.32 Å². The number of carbonyl (C=O) groups is 1. The van der Waals surface area contributed by atoms with Crippen molar-refractivity contribution in [2.45, 2.75) is 26.7 Å². The van der Waals surface area contributed by atoms with Crippen LogP contribution in [-0.4, -0.2) is 25.5 Å². The largest absolute Gasteiger partial charge is 0.295 e. The SMILES string of the molecule is CC(=O)Nc1nc2nc(C(C)C)cc(=O)n2[nH]1. The van der Waals surface area contributed by atoms with Crippen LogP contribution in [0.15, 0.2) is 10.9 Å². The molecule has 1 amide bonds. The summed E-state index contributed by atoms with van der Waals surface area (Å²) in [6.07, 6.45) is 0. The number of amides is 1. The molecule has 2 aromatic rings. The van der Waals surface area contributed by atoms with Crippen LogP contribution in [0.5, 0.6) is 0 Å². The maximum absolute atomic E-state index is 11.7. The maximum Gasteiger partial charge on any atom is 0.274 e. The standard InChI is InChI=1S/C10H13N5O2/c1-5(2)7-4-8(17)15-10(12-7)13-9(14-15)11-6(3)16/h4-5H,1-3H3,(H2,11,12,13,14,16). The van der Waals surface area contributed by atoms with Crippen LogP contribution < -0.4 is 10.9 Å². The number of rotatable bonds is 2. The van der Waals surface area contributed by atoms with E-state index in [0.29, 0.717) is 5.69 Å². The Hall–Kier alpha value is -2.18. The fourth-order valence-electron chi connectivity index (χ4n) is 1.42. The molecule has 0 unspecified atom stereocenters. The van der Waals surface area contributed by atoms with Crippen molar-refractivity contribution in [3.63, 3.8) is 0 Å². The Kier molecular flexibility index (Phi) is 2.66. The van der Waals surface area contributed by atoms with E-state index in [4.69, 9.17) is 0 Å². The van der Waals surface area contributed by atoms with Gasteiger partial charge < -0.3 is 0 Å². The zero-order chi connectivity index (χ0) is 12.6. The number of hydrogen-bond acceptors (Lipinski definition) is 4. The number of fused-ring (bicyclic) bond motifs is 1. The Bertz CT molecular complexity index is 625. The first-order valence-corrected chi connectivity index (χ1v) is 5.24. The van der Waals surface area contributed by atoms with Crippen LogP contribution in [-0.2, 0) is 4.79 Å². The van der Waals surface area contributed by atoms with Crippen LogP contribution in [0.4, 0.5) is 5.95 Å². The van der Waals surface area contributed by atoms with Crippen molar-refractivity contribution in [2.24, 2.45) is 0 Å². The maximum atomic E-state index is 11.7. The van der Waals surface area contributed by atoms with Crippen molar-refractivity contribution >= 4 is 17.6 Å². The van der Waals surface area contributed by atoms with Crippen LogP contribution in [0.2, 0.25) is 0 Å². The Morgan fingerprint density at radius 3 is 2.76 bits per heavy atom. The number of hydrogen-bond donors (Lipinski definition) is 2. The van der Waals surface area contributed by atoms with E-state index in [0.717, 1.165) is 0 Å². The summed E-state index contributed by atoms with van der Waals surface area (Å²) in [4.78, 5) is 30.9. The van der Waals surface area contributed by atoms with Gasteiger partial charge in [0, 0.05) is 13.0 Å². The summed E-state index contributed by atoms with van der Waals surface area (Å²) >= 11 is 0. The number of nitrogens with zero attached hydrogens (tertiary/aromatic N) is 3. The van der Waals surface area contributed by atoms with Gasteiger partial charge in [0.1, 0.15) is 0 Å². The molecule has 7 nitrogen and oxygen atoms in total. The second kappa shape index (κ2) is 4.00. The first-order valence-electron chi connectivity index (χ1n) is 5.24. The molecule has 17 heavy (non-hydrogen) atoms. The van der Waals surface area contributed by atoms with Gasteiger partial charge in [0.25, 0.3) is 11.3 Å². The molecule has 2 N–H and O–H groups in total. The van der Waals surface area contributed by atoms with E-state index >= 15 is 0 Å². The number of nitrogens with one attached hydrogen (secondary N) is 2. The van der Waals surface area contributed by atoms with Gasteiger partial charge >= 0.3 is 0 Å². The van der Waals surface area contributed by atoms with Gasteiger partial charge in [-0.2, -0.15) is 9.50 Å². The topological polar surface area (TPSA) is 92.2 Å². The zero-order valence-electron chi connectivity index (χ0n) is 9.81. The van der Waals surface area contributed by atoms with Crippen molar-refractivity contribution in [1.82, 2.24) is 19.6 Å². The molecule has 0 fully saturated rings. The lowest BCUT2D eigenvalue weighted by atomic mass is 10.1. The third kappa shape index (κ3) is 2.17. The lowest BCUT2D eigenvalue weighted by Crippen LogP contribution is -2.16. The summed E-state index contributed by atoms with van der Waals surface area (Å²) in [5, 5.41) is 5.12. The van der Waals surface area contributed by atoms with E-state index in [1.54, 1.807) is 0 Å². The molecule has 0 saturated heterocycles. The predicted molar refractivity (Wildman–Crippen MR) is 62.0 cm³/mol. The van der Waals surface area contributed by atoms with E-state index in [1.165, 1.54) is 17.5 Å². The van der Waals surface area contributed by atoms with Crippen LogP contribution in [0, 0.1) is 0 Å². The van der Waals surface area contributed by atoms with Gasteiger partial charge in [-0.1, -0.05) is 13.8 Å². The highest BCUT2D eigenvalue weighted by molar-refractivity contribution is 5.86. The second-order valence-corrected chi connectivity index (χ2v) is 4.06. The summed E-state index contributed by atoms with van der Waals surface area (Å²) in [6, 6.07) is 1.45. The average Bonchev–Trinajstić information content (AvgIpc) is 2.59. The number of anilines is 1. The molecule has 0 spiro atoms. The Morgan fingerprint density at radius 1 is 1.47 bits per heavy atom. The molecule has 2 aromatic heterocycles. The van der Waals surface area contributed by atoms with Gasteiger partial charge in [0.2, 0.25) is 11.9 Å². The minimum absolute atomic E-state index is 0.147. The molecular formula is C10H13N5O2. The molecule has 0 saturated carbocycles. The fourth-order valence-corrected chi connectivity index (χ4v) is 1.42. The number of carbonyl (C=O) groups excluding carboxylic acids is 1. The summed E-state index contributed by atoms with van der Waals surface area (Å²) in [7, 11) is 0. The lowest BCUT2D eigenvalue weighted by Gasteiger charge is -2.01. The second-order valence-electron chi connectivity index (χ2n) is 4.06. The summed E-state index contributed by atoms with van der Waals surface area (Å²) in [6.45, 7) is 5.25. The smallest absolute Gasteiger partial charge is 0.274 e. The van der Waals surface area contributed by atoms with Crippen molar-refractivity contribution < 1.29 is 4.79 Å². The first kappa shape index (κ1) is 11.3. The van der Waals surface area contributed by atoms with E-state index < -0.39 is 0 Å². The number of H-pyrrole nitrogens is 1. The predicted octanol–water partition coefficient (Wildman–Crippen LogP) is 0.499. The Balaban J connectivity index is 2.57. The molecule has 0 aliphatic rings. The van der Waals surface area contributed by atoms with Crippen molar-refractivity contribution in [1.29, 1.82) is 0 Å². The monoisotopic (exact) mass is 235 g/mol. The van der Waals surface area contributed by atoms with E-state index in [1.807, 2.05) is 13.8 Å². The van der Waals surface area contributed by atoms with Gasteiger partial charge in [-0.3, -0.25) is 20.0 Å². The quantitative estimate of drug-likeness (QED) is 0.792. The molecule has 2 heterocycles. The van der Waals surface area contributed by atoms with E-state index in [2.05, 4.69) is 20.4 Å². The normalized spacial score (nSPS) is 11.1. The van der Waals surface area contributed by atoms with E-state index in [-0.39, 0.29) is 29.1 Å². The number of aromatic nitrogens is 4. The van der Waals surface area contributed by atoms with Crippen molar-refractivity contribution in [3.05, 3.63) is 22.1 Å². The number of aromatic amines is 1. The van der Waals surface area contributed by atoms with Gasteiger partial charge in [0.05, 0.1) is 5.69 Å². The Labute approximate surface area is 96.9 Å². The fraction of sp³-hybridized carbons (Fsp3) is 0.400. The molecule has 0 aromatic carbocycles. The average molecular weight is 235 g/mol. The zero-order valence-corrected chi connectivity index (χ0v) is 9.81. The molecule has 90 valence electrons. The summed E-state index contributed by atoms with van der Waals surface area (Å²) < 4.78 is 1.19. The third-order valence-electron chi connectivity index (χ3n) is 2.24. The molecule has 0 bridgehead atoms. The van der Waals surface area contributed by atoms with E-state index in [9.17, 15) is 9.59 Å². The highest BCUT2D eigenvalue weighted by atomic mass is 16.1.